The van der Waals surface area contributed by atoms with Gasteiger partial charge < -0.3 is 15.3 Å². The Labute approximate surface area is 256 Å². The topological polar surface area (TPSA) is 112 Å². The lowest BCUT2D eigenvalue weighted by Gasteiger charge is -2.19. The van der Waals surface area contributed by atoms with E-state index in [-0.39, 0.29) is 68.2 Å². The third-order valence-corrected chi connectivity index (χ3v) is 5.33. The van der Waals surface area contributed by atoms with E-state index in [2.05, 4.69) is 0 Å². The van der Waals surface area contributed by atoms with Gasteiger partial charge in [0.1, 0.15) is 17.3 Å². The van der Waals surface area contributed by atoms with E-state index in [4.69, 9.17) is 0 Å². The molecular weight excluding hydrogens is 519 g/mol. The largest absolute Gasteiger partial charge is 0.512 e. The molecule has 0 bridgehead atoms. The molecule has 0 fully saturated rings. The fraction of sp³-hybridized carbons (Fsp3) is 0.727. The van der Waals surface area contributed by atoms with Crippen LogP contribution in [0.15, 0.2) is 35.5 Å². The molecule has 3 radical (unpaired) electrons. The van der Waals surface area contributed by atoms with Gasteiger partial charge in [0.15, 0.2) is 17.3 Å². The van der Waals surface area contributed by atoms with E-state index in [9.17, 15) is 29.7 Å². The maximum absolute atomic E-state index is 11.5. The molecule has 0 heterocycles. The van der Waals surface area contributed by atoms with E-state index in [1.807, 2.05) is 125 Å². The number of carbonyl (C=O) groups excluding carboxylic acids is 3. The van der Waals surface area contributed by atoms with Gasteiger partial charge in [0.05, 0.1) is 0 Å². The van der Waals surface area contributed by atoms with Crippen LogP contribution in [-0.4, -0.2) is 50.0 Å². The monoisotopic (exact) mass is 579 g/mol. The lowest BCUT2D eigenvalue weighted by atomic mass is 9.87. The molecule has 0 aliphatic heterocycles. The van der Waals surface area contributed by atoms with Gasteiger partial charge in [0.2, 0.25) is 0 Å². The molecule has 0 saturated heterocycles. The zero-order chi connectivity index (χ0) is 32.6. The Morgan fingerprint density at radius 2 is 0.475 bits per heavy atom. The van der Waals surface area contributed by atoms with Gasteiger partial charge in [-0.2, -0.15) is 0 Å². The molecule has 0 aliphatic carbocycles. The fourth-order valence-electron chi connectivity index (χ4n) is 1.67. The van der Waals surface area contributed by atoms with E-state index >= 15 is 0 Å². The van der Waals surface area contributed by atoms with Crippen molar-refractivity contribution in [2.45, 2.75) is 125 Å². The third-order valence-electron chi connectivity index (χ3n) is 5.33. The molecule has 3 N–H and O–H groups in total. The molecule has 0 aromatic carbocycles. The second-order valence-electron chi connectivity index (χ2n) is 16.2. The van der Waals surface area contributed by atoms with Crippen LogP contribution in [0.5, 0.6) is 0 Å². The molecule has 0 atom stereocenters. The minimum absolute atomic E-state index is 0. The number of carbonyl (C=O) groups is 3. The van der Waals surface area contributed by atoms with Gasteiger partial charge in [-0.25, -0.2) is 0 Å². The highest BCUT2D eigenvalue weighted by molar-refractivity contribution is 5.95. The Balaban J connectivity index is -0.000000240. The molecule has 0 aliphatic rings. The minimum Gasteiger partial charge on any atom is -0.512 e. The van der Waals surface area contributed by atoms with Gasteiger partial charge in [-0.15, -0.1) is 0 Å². The van der Waals surface area contributed by atoms with Crippen LogP contribution in [0.3, 0.4) is 0 Å². The van der Waals surface area contributed by atoms with Crippen molar-refractivity contribution >= 4 is 34.7 Å². The summed E-state index contributed by atoms with van der Waals surface area (Å²) in [5.41, 5.74) is -2.29. The summed E-state index contributed by atoms with van der Waals surface area (Å²) in [5, 5.41) is 28.7. The Morgan fingerprint density at radius 1 is 0.350 bits per heavy atom. The summed E-state index contributed by atoms with van der Waals surface area (Å²) in [4.78, 5) is 34.5. The summed E-state index contributed by atoms with van der Waals surface area (Å²) < 4.78 is 0. The zero-order valence-electron chi connectivity index (χ0n) is 28.9. The first-order valence-corrected chi connectivity index (χ1v) is 13.5. The predicted octanol–water partition coefficient (Wildman–Crippen LogP) is 8.89. The molecule has 0 aromatic heterocycles. The van der Waals surface area contributed by atoms with Crippen LogP contribution in [0.25, 0.3) is 0 Å². The highest BCUT2D eigenvalue weighted by Crippen LogP contribution is 2.27. The zero-order valence-corrected chi connectivity index (χ0v) is 30.0. The Morgan fingerprint density at radius 3 is 0.550 bits per heavy atom. The second-order valence-corrected chi connectivity index (χ2v) is 16.2. The predicted molar refractivity (Wildman–Crippen MR) is 170 cm³/mol. The number of hydrogen-bond acceptors (Lipinski definition) is 6. The molecule has 231 valence electrons. The van der Waals surface area contributed by atoms with E-state index in [1.165, 1.54) is 18.2 Å². The summed E-state index contributed by atoms with van der Waals surface area (Å²) >= 11 is 0. The molecule has 0 rings (SSSR count). The summed E-state index contributed by atoms with van der Waals surface area (Å²) in [6.07, 6.45) is 4.00. The van der Waals surface area contributed by atoms with E-state index in [0.29, 0.717) is 0 Å². The average Bonchev–Trinajstić information content (AvgIpc) is 2.64. The average molecular weight is 580 g/mol. The van der Waals surface area contributed by atoms with Gasteiger partial charge in [-0.1, -0.05) is 125 Å². The highest BCUT2D eigenvalue weighted by Gasteiger charge is 2.25. The first-order chi connectivity index (χ1) is 16.6. The van der Waals surface area contributed by atoms with Gasteiger partial charge in [0.25, 0.3) is 0 Å². The van der Waals surface area contributed by atoms with Crippen LogP contribution in [0.1, 0.15) is 125 Å². The van der Waals surface area contributed by atoms with Crippen LogP contribution < -0.4 is 0 Å². The van der Waals surface area contributed by atoms with Gasteiger partial charge in [-0.05, 0) is 0 Å². The summed E-state index contributed by atoms with van der Waals surface area (Å²) in [6, 6.07) is 0. The highest BCUT2D eigenvalue weighted by atomic mass is 27.0. The molecule has 7 heteroatoms. The molecular formula is C33H60AlO6. The quantitative estimate of drug-likeness (QED) is 0.175. The Bertz CT molecular complexity index is 801. The maximum Gasteiger partial charge on any atom is 0.164 e. The summed E-state index contributed by atoms with van der Waals surface area (Å²) in [5.74, 6) is 0.312. The van der Waals surface area contributed by atoms with Crippen molar-refractivity contribution < 1.29 is 29.7 Å². The third kappa shape index (κ3) is 21.0. The number of allylic oxidation sites excluding steroid dienone is 6. The number of aliphatic hydroxyl groups excluding tert-OH is 3. The van der Waals surface area contributed by atoms with Crippen LogP contribution in [0.4, 0.5) is 0 Å². The fourth-order valence-corrected chi connectivity index (χ4v) is 1.67. The van der Waals surface area contributed by atoms with Crippen LogP contribution in [0, 0.1) is 32.5 Å². The molecule has 40 heavy (non-hydrogen) atoms. The molecule has 0 spiro atoms. The number of hydrogen-bond donors (Lipinski definition) is 3. The lowest BCUT2D eigenvalue weighted by Crippen LogP contribution is -2.20. The molecule has 0 amide bonds. The SMILES string of the molecule is CC(C)(C)C(=O)C=C(O)C(C)(C)C.CC(C)(C)C(=O)C=C(O)C(C)(C)C.CC(C)(C)C(=O)C=C(O)C(C)(C)C.[Al]. The van der Waals surface area contributed by atoms with Crippen molar-refractivity contribution in [3.05, 3.63) is 35.5 Å². The number of rotatable bonds is 3. The normalized spacial score (nSPS) is 14.1. The van der Waals surface area contributed by atoms with Crippen molar-refractivity contribution in [1.82, 2.24) is 0 Å². The Hall–Kier alpha value is -1.84. The number of aliphatic hydroxyl groups is 3. The summed E-state index contributed by atoms with van der Waals surface area (Å²) in [7, 11) is 0. The van der Waals surface area contributed by atoms with Crippen LogP contribution in [0.2, 0.25) is 0 Å². The van der Waals surface area contributed by atoms with Gasteiger partial charge in [0, 0.05) is 68.1 Å². The van der Waals surface area contributed by atoms with E-state index < -0.39 is 16.2 Å². The van der Waals surface area contributed by atoms with Crippen molar-refractivity contribution in [1.29, 1.82) is 0 Å². The molecule has 0 saturated carbocycles. The van der Waals surface area contributed by atoms with Crippen molar-refractivity contribution in [2.75, 3.05) is 0 Å². The number of ketones is 3. The standard InChI is InChI=1S/3C11H20O2.Al/c3*1-10(2,3)8(12)7-9(13)11(4,5)6;/h3*7,12H,1-6H3;. The van der Waals surface area contributed by atoms with Crippen molar-refractivity contribution in [3.63, 3.8) is 0 Å². The molecule has 0 aromatic rings. The van der Waals surface area contributed by atoms with E-state index in [0.717, 1.165) is 0 Å². The maximum atomic E-state index is 11.5. The van der Waals surface area contributed by atoms with E-state index in [1.54, 1.807) is 0 Å². The Kier molecular flexibility index (Phi) is 18.0. The minimum atomic E-state index is -0.417. The second kappa shape index (κ2) is 16.0. The summed E-state index contributed by atoms with van der Waals surface area (Å²) in [6.45, 7) is 33.3. The molecule has 0 unspecified atom stereocenters. The first-order valence-electron chi connectivity index (χ1n) is 13.5. The van der Waals surface area contributed by atoms with Gasteiger partial charge >= 0.3 is 0 Å². The van der Waals surface area contributed by atoms with Gasteiger partial charge in [-0.3, -0.25) is 14.4 Å². The first kappa shape index (κ1) is 45.2. The molecule has 6 nitrogen and oxygen atoms in total. The van der Waals surface area contributed by atoms with Crippen molar-refractivity contribution in [2.24, 2.45) is 32.5 Å². The van der Waals surface area contributed by atoms with Crippen LogP contribution >= 0.6 is 0 Å². The van der Waals surface area contributed by atoms with Crippen molar-refractivity contribution in [3.8, 4) is 0 Å². The lowest BCUT2D eigenvalue weighted by molar-refractivity contribution is -0.122. The van der Waals surface area contributed by atoms with Crippen LogP contribution in [-0.2, 0) is 14.4 Å². The smallest absolute Gasteiger partial charge is 0.164 e.